The molecule has 0 atom stereocenters. The van der Waals surface area contributed by atoms with E-state index in [0.29, 0.717) is 0 Å². The minimum Gasteiger partial charge on any atom is -0.289 e. The fourth-order valence-electron chi connectivity index (χ4n) is 0.171. The van der Waals surface area contributed by atoms with Gasteiger partial charge >= 0.3 is 8.69 Å². The third-order valence-corrected chi connectivity index (χ3v) is 0.753. The Bertz CT molecular complexity index is 71.5. The Hall–Kier alpha value is -0.100. The highest BCUT2D eigenvalue weighted by atomic mass is 31.1. The summed E-state index contributed by atoms with van der Waals surface area (Å²) < 4.78 is 13.7. The smallest absolute Gasteiger partial charge is 0.289 e. The quantitative estimate of drug-likeness (QED) is 0.261. The van der Waals surface area contributed by atoms with Crippen molar-refractivity contribution in [2.24, 2.45) is 0 Å². The SMILES string of the molecule is O=POCC(OO)OO. The molecule has 6 nitrogen and oxygen atoms in total. The van der Waals surface area contributed by atoms with Crippen LogP contribution in [0.3, 0.4) is 0 Å². The summed E-state index contributed by atoms with van der Waals surface area (Å²) in [5.74, 6) is 0. The maximum absolute atomic E-state index is 9.54. The normalized spacial score (nSPS) is 11.0. The summed E-state index contributed by atoms with van der Waals surface area (Å²) in [6.45, 7) is -0.321. The molecule has 0 bridgehead atoms. The van der Waals surface area contributed by atoms with Crippen molar-refractivity contribution in [2.45, 2.75) is 6.29 Å². The lowest BCUT2D eigenvalue weighted by Crippen LogP contribution is -2.18. The predicted octanol–water partition coefficient (Wildman–Crippen LogP) is 0.515. The molecule has 7 heteroatoms. The highest BCUT2D eigenvalue weighted by Crippen LogP contribution is 1.98. The highest BCUT2D eigenvalue weighted by Gasteiger charge is 2.07. The van der Waals surface area contributed by atoms with Crippen molar-refractivity contribution in [3.05, 3.63) is 0 Å². The summed E-state index contributed by atoms with van der Waals surface area (Å²) in [7, 11) is -0.574. The molecular formula is C2H5O6P. The monoisotopic (exact) mass is 156 g/mol. The van der Waals surface area contributed by atoms with Crippen molar-refractivity contribution in [1.82, 2.24) is 0 Å². The van der Waals surface area contributed by atoms with E-state index >= 15 is 0 Å². The first-order chi connectivity index (χ1) is 4.35. The second-order valence-corrected chi connectivity index (χ2v) is 1.42. The Morgan fingerprint density at radius 3 is 2.33 bits per heavy atom. The molecule has 54 valence electrons. The van der Waals surface area contributed by atoms with Crippen LogP contribution in [-0.2, 0) is 18.9 Å². The third-order valence-electron chi connectivity index (χ3n) is 0.498. The van der Waals surface area contributed by atoms with Crippen LogP contribution < -0.4 is 0 Å². The van der Waals surface area contributed by atoms with Crippen LogP contribution in [0.4, 0.5) is 0 Å². The van der Waals surface area contributed by atoms with E-state index in [-0.39, 0.29) is 6.61 Å². The maximum Gasteiger partial charge on any atom is 0.327 e. The first kappa shape index (κ1) is 8.90. The van der Waals surface area contributed by atoms with Crippen molar-refractivity contribution >= 4 is 8.69 Å². The predicted molar refractivity (Wildman–Crippen MR) is 24.8 cm³/mol. The number of hydrogen-bond acceptors (Lipinski definition) is 6. The van der Waals surface area contributed by atoms with E-state index in [1.165, 1.54) is 0 Å². The van der Waals surface area contributed by atoms with Crippen molar-refractivity contribution in [3.8, 4) is 0 Å². The fraction of sp³-hybridized carbons (Fsp3) is 1.00. The zero-order valence-corrected chi connectivity index (χ0v) is 5.15. The first-order valence-corrected chi connectivity index (χ1v) is 2.63. The van der Waals surface area contributed by atoms with E-state index in [0.717, 1.165) is 0 Å². The molecule has 0 rings (SSSR count). The molecule has 0 aromatic heterocycles. The standard InChI is InChI=1S/C2H5O6P/c3-7-2(8-4)1-6-9-5/h2-4H,1H2. The molecule has 0 heterocycles. The van der Waals surface area contributed by atoms with Gasteiger partial charge in [-0.1, -0.05) is 0 Å². The zero-order chi connectivity index (χ0) is 7.11. The maximum atomic E-state index is 9.54. The van der Waals surface area contributed by atoms with Gasteiger partial charge in [-0.05, 0) is 0 Å². The summed E-state index contributed by atoms with van der Waals surface area (Å²) in [5.41, 5.74) is 0. The molecule has 2 N–H and O–H groups in total. The van der Waals surface area contributed by atoms with E-state index in [1.807, 2.05) is 0 Å². The lowest BCUT2D eigenvalue weighted by Gasteiger charge is -2.04. The van der Waals surface area contributed by atoms with Gasteiger partial charge in [0.25, 0.3) is 0 Å². The molecule has 9 heavy (non-hydrogen) atoms. The van der Waals surface area contributed by atoms with Gasteiger partial charge in [0.15, 0.2) is 0 Å². The lowest BCUT2D eigenvalue weighted by molar-refractivity contribution is -0.434. The average Bonchev–Trinajstić information content (AvgIpc) is 1.91. The summed E-state index contributed by atoms with van der Waals surface area (Å²) in [6, 6.07) is 0. The van der Waals surface area contributed by atoms with Gasteiger partial charge in [-0.15, -0.1) is 0 Å². The van der Waals surface area contributed by atoms with Gasteiger partial charge in [-0.3, -0.25) is 4.52 Å². The van der Waals surface area contributed by atoms with Gasteiger partial charge in [-0.2, -0.15) is 0 Å². The molecule has 0 spiro atoms. The van der Waals surface area contributed by atoms with Gasteiger partial charge in [0.2, 0.25) is 6.29 Å². The third kappa shape index (κ3) is 4.41. The van der Waals surface area contributed by atoms with Crippen molar-refractivity contribution < 1.29 is 29.4 Å². The van der Waals surface area contributed by atoms with Crippen molar-refractivity contribution in [1.29, 1.82) is 0 Å². The van der Waals surface area contributed by atoms with Crippen LogP contribution in [0.1, 0.15) is 0 Å². The van der Waals surface area contributed by atoms with Gasteiger partial charge in [-0.25, -0.2) is 24.9 Å². The van der Waals surface area contributed by atoms with Crippen LogP contribution >= 0.6 is 8.69 Å². The van der Waals surface area contributed by atoms with Crippen LogP contribution in [-0.4, -0.2) is 23.4 Å². The molecule has 0 radical (unpaired) electrons. The second kappa shape index (κ2) is 6.03. The Balaban J connectivity index is 3.19. The van der Waals surface area contributed by atoms with Gasteiger partial charge in [0, 0.05) is 0 Å². The summed E-state index contributed by atoms with van der Waals surface area (Å²) in [6.07, 6.45) is -1.31. The number of rotatable bonds is 5. The van der Waals surface area contributed by atoms with Crippen LogP contribution in [0, 0.1) is 0 Å². The number of hydrogen-bond donors (Lipinski definition) is 2. The zero-order valence-electron chi connectivity index (χ0n) is 4.26. The average molecular weight is 156 g/mol. The van der Waals surface area contributed by atoms with Crippen molar-refractivity contribution in [2.75, 3.05) is 6.61 Å². The molecular weight excluding hydrogens is 151 g/mol. The minimum atomic E-state index is -1.31. The molecule has 0 aliphatic heterocycles. The molecule has 0 unspecified atom stereocenters. The van der Waals surface area contributed by atoms with E-state index in [1.54, 1.807) is 0 Å². The highest BCUT2D eigenvalue weighted by molar-refractivity contribution is 7.17. The summed E-state index contributed by atoms with van der Waals surface area (Å²) in [4.78, 5) is 6.92. The molecule has 0 aliphatic rings. The van der Waals surface area contributed by atoms with Crippen LogP contribution in [0.25, 0.3) is 0 Å². The van der Waals surface area contributed by atoms with Gasteiger partial charge in [0.05, 0.1) is 0 Å². The first-order valence-electron chi connectivity index (χ1n) is 1.90. The molecule has 0 fully saturated rings. The largest absolute Gasteiger partial charge is 0.327 e. The minimum absolute atomic E-state index is 0.321. The van der Waals surface area contributed by atoms with Crippen LogP contribution in [0.2, 0.25) is 0 Å². The Morgan fingerprint density at radius 2 is 2.00 bits per heavy atom. The topological polar surface area (TPSA) is 85.2 Å². The van der Waals surface area contributed by atoms with Crippen LogP contribution in [0.15, 0.2) is 0 Å². The van der Waals surface area contributed by atoms with Crippen LogP contribution in [0.5, 0.6) is 0 Å². The molecule has 0 saturated carbocycles. The van der Waals surface area contributed by atoms with E-state index in [4.69, 9.17) is 10.5 Å². The summed E-state index contributed by atoms with van der Waals surface area (Å²) >= 11 is 0. The van der Waals surface area contributed by atoms with Gasteiger partial charge in [0.1, 0.15) is 6.61 Å². The lowest BCUT2D eigenvalue weighted by atomic mass is 10.7. The van der Waals surface area contributed by atoms with E-state index < -0.39 is 15.0 Å². The second-order valence-electron chi connectivity index (χ2n) is 1.01. The molecule has 0 aliphatic carbocycles. The summed E-state index contributed by atoms with van der Waals surface area (Å²) in [5, 5.41) is 15.6. The Labute approximate surface area is 52.1 Å². The molecule has 0 aromatic rings. The Morgan fingerprint density at radius 1 is 1.44 bits per heavy atom. The van der Waals surface area contributed by atoms with E-state index in [9.17, 15) is 4.57 Å². The Kier molecular flexibility index (Phi) is 5.96. The molecule has 0 aromatic carbocycles. The van der Waals surface area contributed by atoms with Crippen molar-refractivity contribution in [3.63, 3.8) is 0 Å². The van der Waals surface area contributed by atoms with Gasteiger partial charge < -0.3 is 0 Å². The molecule has 0 amide bonds. The fourth-order valence-corrected chi connectivity index (χ4v) is 0.354. The molecule has 0 saturated heterocycles. The van der Waals surface area contributed by atoms with E-state index in [2.05, 4.69) is 14.3 Å².